The monoisotopic (exact) mass is 2070 g/mol. The molecule has 5 heterocycles. The van der Waals surface area contributed by atoms with E-state index < -0.39 is 226 Å². The summed E-state index contributed by atoms with van der Waals surface area (Å²) in [5.41, 5.74) is 30.3. The van der Waals surface area contributed by atoms with Gasteiger partial charge in [0.25, 0.3) is 0 Å². The van der Waals surface area contributed by atoms with Gasteiger partial charge in [0.05, 0.1) is 32.5 Å². The van der Waals surface area contributed by atoms with Crippen LogP contribution in [0, 0.1) is 10.8 Å². The third kappa shape index (κ3) is 46.3. The molecule has 0 bridgehead atoms. The quantitative estimate of drug-likeness (QED) is 0.0128. The number of hydrogen-bond acceptors (Lipinski definition) is 27. The zero-order valence-electron chi connectivity index (χ0n) is 85.1. The van der Waals surface area contributed by atoms with Gasteiger partial charge in [-0.25, -0.2) is 9.89 Å². The predicted octanol–water partition coefficient (Wildman–Crippen LogP) is -2.06. The second-order valence-electron chi connectivity index (χ2n) is 37.6. The number of H-pyrrole nitrogens is 2. The number of nitrogens with two attached hydrogens (primary N) is 5. The molecule has 17 amide bonds. The number of ketones is 1. The Bertz CT molecular complexity index is 5040. The molecule has 50 heteroatoms. The first-order valence-electron chi connectivity index (χ1n) is 51.2. The maximum absolute atomic E-state index is 15.5. The van der Waals surface area contributed by atoms with E-state index in [9.17, 15) is 62.6 Å². The van der Waals surface area contributed by atoms with Crippen LogP contribution in [-0.2, 0) is 105 Å². The highest BCUT2D eigenvalue weighted by molar-refractivity contribution is 6.01. The number of carbonyl (C=O) groups is 17. The Hall–Kier alpha value is -14.2. The van der Waals surface area contributed by atoms with Crippen molar-refractivity contribution in [2.24, 2.45) is 33.7 Å². The number of nitrogens with zero attached hydrogens (tertiary/aromatic N) is 7. The van der Waals surface area contributed by atoms with Crippen molar-refractivity contribution in [2.45, 2.75) is 298 Å². The lowest BCUT2D eigenvalue weighted by molar-refractivity contribution is -0.143. The first kappa shape index (κ1) is 121. The molecule has 2 aromatic carbocycles. The van der Waals surface area contributed by atoms with E-state index in [2.05, 4.69) is 105 Å². The molecule has 2 aromatic heterocycles. The van der Waals surface area contributed by atoms with E-state index in [-0.39, 0.29) is 146 Å². The van der Waals surface area contributed by atoms with E-state index in [1.165, 1.54) is 57.6 Å². The van der Waals surface area contributed by atoms with Crippen LogP contribution in [-0.4, -0.2) is 329 Å². The van der Waals surface area contributed by atoms with Crippen LogP contribution < -0.4 is 103 Å². The predicted molar refractivity (Wildman–Crippen MR) is 547 cm³/mol. The molecule has 50 nitrogen and oxygen atoms in total. The number of Topliss-reactive ketones (excluding diaryl/α,β-unsaturated/α-hetero) is 1. The SMILES string of the molecule is CCCC[C@H](NC(=O)CN(CCN(C)C)C(=O)[C@H](CC1=CCC=N1)NC(=O)[C@H](CNC(N)=O)NC(=O)[C@H](CNC(=N)N)NC(=O)[C@H](CCC(N)=O)NC(=O)COCCOCCNC(=O)CCCCCCCCCCCCCCCc1nnn[nH]1)C(=O)N[C@H]1CCC(=O)CCCCC[C@@H](C(N)=O)NC(=O)[C@H](Cc2c[nH]c3ccccc23)NC(=O)[C@H](CCCNC(=N)N)NC(=O)[C@@H](Cc2ccccc2)NC(=O)[C@@H]2C[C@@H](O)CN2C1=O. The highest BCUT2D eigenvalue weighted by atomic mass is 16.5. The molecule has 29 N–H and O–H groups in total. The first-order chi connectivity index (χ1) is 71.0. The number of nitrogens with one attached hydrogen (secondary N) is 18. The number of aromatic nitrogens is 5. The van der Waals surface area contributed by atoms with Crippen molar-refractivity contribution in [3.8, 4) is 0 Å². The number of ether oxygens (including phenoxy) is 2. The van der Waals surface area contributed by atoms with Crippen LogP contribution in [0.4, 0.5) is 4.79 Å². The number of guanidine groups is 2. The summed E-state index contributed by atoms with van der Waals surface area (Å²) in [7, 11) is 3.34. The first-order valence-corrected chi connectivity index (χ1v) is 51.2. The van der Waals surface area contributed by atoms with Crippen LogP contribution in [0.1, 0.15) is 223 Å². The summed E-state index contributed by atoms with van der Waals surface area (Å²) in [5.74, 6) is -14.1. The van der Waals surface area contributed by atoms with Crippen LogP contribution in [0.3, 0.4) is 0 Å². The second kappa shape index (κ2) is 66.8. The van der Waals surface area contributed by atoms with Crippen molar-refractivity contribution in [1.82, 2.24) is 115 Å². The van der Waals surface area contributed by atoms with Gasteiger partial charge >= 0.3 is 6.03 Å². The van der Waals surface area contributed by atoms with Crippen molar-refractivity contribution < 1.29 is 96.1 Å². The van der Waals surface area contributed by atoms with E-state index in [1.54, 1.807) is 74.6 Å². The fourth-order valence-corrected chi connectivity index (χ4v) is 17.1. The Morgan fingerprint density at radius 3 is 1.84 bits per heavy atom. The van der Waals surface area contributed by atoms with E-state index in [0.29, 0.717) is 36.8 Å². The van der Waals surface area contributed by atoms with Crippen molar-refractivity contribution in [2.75, 3.05) is 92.9 Å². The van der Waals surface area contributed by atoms with Gasteiger partial charge < -0.3 is 137 Å². The minimum absolute atomic E-state index is 0.00382. The summed E-state index contributed by atoms with van der Waals surface area (Å²) in [6.45, 7) is -1.34. The lowest BCUT2D eigenvalue weighted by atomic mass is 10.00. The normalized spacial score (nSPS) is 18.6. The summed E-state index contributed by atoms with van der Waals surface area (Å²) in [6.07, 6.45) is 18.3. The van der Waals surface area contributed by atoms with Gasteiger partial charge in [0.1, 0.15) is 84.7 Å². The third-order valence-corrected chi connectivity index (χ3v) is 25.2. The van der Waals surface area contributed by atoms with Crippen LogP contribution in [0.5, 0.6) is 0 Å². The molecule has 2 fully saturated rings. The number of amides is 17. The molecule has 148 heavy (non-hydrogen) atoms. The van der Waals surface area contributed by atoms with Gasteiger partial charge in [-0.1, -0.05) is 158 Å². The third-order valence-electron chi connectivity index (χ3n) is 25.2. The fraction of sp³-hybridized carbons (Fsp3) is 0.622. The molecule has 0 radical (unpaired) electrons. The minimum atomic E-state index is -1.87. The van der Waals surface area contributed by atoms with Crippen LogP contribution >= 0.6 is 0 Å². The van der Waals surface area contributed by atoms with Crippen LogP contribution in [0.15, 0.2) is 77.6 Å². The average Bonchev–Trinajstić information content (AvgIpc) is 1.68. The number of hydrogen-bond donors (Lipinski definition) is 24. The number of allylic oxidation sites excluding steroid dienone is 1. The molecule has 0 saturated carbocycles. The molecule has 2 saturated heterocycles. The standard InChI is InChI=1S/C98H154N30O20/c1-4-5-34-70(86(136)116-73-41-40-65(129)32-21-18-22-36-69(85(100)135)114-90(140)75(53-63-56-109-68-35-26-25-33-67(63)68)117-87(137)71(37-28-45-108-96(101)102)115-89(139)74(52-62-29-19-17-20-30-62)118-93(143)79-55-66(130)59-128(79)95(73)145)112-83(133)60-127(48-47-126(2)3)94(144)76(54-64-31-27-44-106-64)119-91(141)78(58-111-98(105)146)121-92(142)77(57-110-97(103)104)120-88(138)72(42-43-80(99)131)113-84(134)61-148-51-50-147-49-46-107-82(132)39-24-16-14-12-10-8-6-7-9-11-13-15-23-38-81-122-124-125-123-81/h17,19-20,25-26,29-31,33,35,44,56,66,69-79,109,130H,4-16,18,21-24,27-28,32,34,36-43,45-55,57-61H2,1-3H3,(H2,99,131)(H2,100,135)(H,107,132)(H,112,133)(H,113,134)(H,114,140)(H,115,139)(H,116,136)(H,117,137)(H,118,143)(H,119,141)(H,120,138)(H,121,142)(H4,101,102,108)(H4,103,104,110)(H3,105,111,146)(H,122,123,124,125)/t66-,69+,70+,71+,72+,73+,74-,75+,76+,77+,78+,79+/m1/s1. The van der Waals surface area contributed by atoms with Gasteiger partial charge in [0.15, 0.2) is 11.9 Å². The zero-order valence-corrected chi connectivity index (χ0v) is 85.1. The number of carbonyl (C=O) groups excluding carboxylic acids is 17. The highest BCUT2D eigenvalue weighted by Gasteiger charge is 2.45. The maximum Gasteiger partial charge on any atom is 0.312 e. The fourth-order valence-electron chi connectivity index (χ4n) is 17.1. The van der Waals surface area contributed by atoms with Gasteiger partial charge in [-0.2, -0.15) is 0 Å². The molecule has 0 unspecified atom stereocenters. The lowest BCUT2D eigenvalue weighted by Crippen LogP contribution is -2.63. The minimum Gasteiger partial charge on any atom is -0.391 e. The van der Waals surface area contributed by atoms with Crippen molar-refractivity contribution in [3.05, 3.63) is 89.5 Å². The number of tetrazole rings is 1. The molecule has 0 spiro atoms. The number of likely N-dealkylation sites (N-methyl/N-ethyl adjacent to an activating group) is 1. The number of para-hydroxylation sites is 1. The summed E-state index contributed by atoms with van der Waals surface area (Å²) >= 11 is 0. The number of unbranched alkanes of at least 4 members (excludes halogenated alkanes) is 13. The van der Waals surface area contributed by atoms with E-state index in [4.69, 9.17) is 49.0 Å². The Morgan fingerprint density at radius 2 is 1.20 bits per heavy atom. The molecule has 3 aliphatic rings. The highest BCUT2D eigenvalue weighted by Crippen LogP contribution is 2.26. The number of aryl methyl sites for hydroxylation is 1. The summed E-state index contributed by atoms with van der Waals surface area (Å²) in [4.78, 5) is 254. The zero-order chi connectivity index (χ0) is 108. The second-order valence-corrected chi connectivity index (χ2v) is 37.6. The number of aliphatic imine (C=N–C) groups is 1. The Labute approximate surface area is 861 Å². The Balaban J connectivity index is 1.02. The maximum atomic E-state index is 15.5. The summed E-state index contributed by atoms with van der Waals surface area (Å²) < 4.78 is 11.1. The lowest BCUT2D eigenvalue weighted by Gasteiger charge is -2.31. The summed E-state index contributed by atoms with van der Waals surface area (Å²) in [5, 5.41) is 78.3. The molecule has 7 rings (SSSR count). The Morgan fingerprint density at radius 1 is 0.581 bits per heavy atom. The molecular formula is C98H154N30O20. The number of aliphatic hydroxyl groups is 1. The molecule has 0 aliphatic carbocycles. The van der Waals surface area contributed by atoms with Crippen LogP contribution in [0.2, 0.25) is 0 Å². The number of fused-ring (bicyclic) bond motifs is 2. The van der Waals surface area contributed by atoms with Crippen molar-refractivity contribution in [3.63, 3.8) is 0 Å². The topological polar surface area (TPSA) is 767 Å². The number of benzene rings is 2. The number of primary amides is 3. The molecular weight excluding hydrogens is 1920 g/mol. The number of rotatable bonds is 61. The van der Waals surface area contributed by atoms with E-state index in [1.807, 2.05) is 18.2 Å². The number of aromatic amines is 2. The van der Waals surface area contributed by atoms with Crippen molar-refractivity contribution in [1.29, 1.82) is 10.8 Å². The van der Waals surface area contributed by atoms with Crippen LogP contribution in [0.25, 0.3) is 10.9 Å². The van der Waals surface area contributed by atoms with E-state index in [0.717, 1.165) is 65.1 Å². The van der Waals surface area contributed by atoms with Gasteiger partial charge in [-0.05, 0) is 99.5 Å². The molecule has 816 valence electrons. The van der Waals surface area contributed by atoms with Gasteiger partial charge in [0.2, 0.25) is 88.6 Å². The number of aliphatic hydroxyl groups excluding tert-OH is 1. The molecule has 4 aromatic rings. The molecule has 3 aliphatic heterocycles. The number of urea groups is 1. The van der Waals surface area contributed by atoms with Gasteiger partial charge in [-0.3, -0.25) is 92.5 Å². The Kier molecular flexibility index (Phi) is 54.5. The van der Waals surface area contributed by atoms with E-state index >= 15 is 24.0 Å². The largest absolute Gasteiger partial charge is 0.391 e. The van der Waals surface area contributed by atoms with Crippen molar-refractivity contribution >= 4 is 129 Å². The van der Waals surface area contributed by atoms with Gasteiger partial charge in [-0.15, -0.1) is 5.10 Å². The smallest absolute Gasteiger partial charge is 0.312 e. The van der Waals surface area contributed by atoms with Gasteiger partial charge in [0, 0.05) is 139 Å². The average molecular weight is 2070 g/mol. The molecule has 12 atom stereocenters. The summed E-state index contributed by atoms with van der Waals surface area (Å²) in [6, 6.07) is -2.81.